The van der Waals surface area contributed by atoms with Crippen molar-refractivity contribution in [2.45, 2.75) is 35.7 Å². The molecule has 0 spiro atoms. The van der Waals surface area contributed by atoms with Gasteiger partial charge in [0.15, 0.2) is 16.6 Å². The summed E-state index contributed by atoms with van der Waals surface area (Å²) in [4.78, 5) is 29.7. The molecular weight excluding hydrogens is 290 g/mol. The second-order valence-electron chi connectivity index (χ2n) is 5.37. The Morgan fingerprint density at radius 3 is 2.76 bits per heavy atom. The van der Waals surface area contributed by atoms with Crippen LogP contribution in [0.3, 0.4) is 0 Å². The van der Waals surface area contributed by atoms with Gasteiger partial charge in [-0.2, -0.15) is 9.97 Å². The Morgan fingerprint density at radius 1 is 1.19 bits per heavy atom. The van der Waals surface area contributed by atoms with E-state index in [9.17, 15) is 4.79 Å². The van der Waals surface area contributed by atoms with Gasteiger partial charge in [-0.15, -0.1) is 0 Å². The molecule has 1 atom stereocenters. The average molecular weight is 305 g/mol. The number of carbonyl (C=O) groups is 1. The van der Waals surface area contributed by atoms with Crippen molar-refractivity contribution in [3.05, 3.63) is 0 Å². The van der Waals surface area contributed by atoms with Crippen LogP contribution in [-0.2, 0) is 4.79 Å². The van der Waals surface area contributed by atoms with Gasteiger partial charge in [0.2, 0.25) is 11.9 Å². The molecule has 2 aliphatic rings. The molecule has 0 radical (unpaired) electrons. The Labute approximate surface area is 124 Å². The molecule has 5 N–H and O–H groups in total. The number of nitrogen functional groups attached to an aromatic ring is 2. The molecule has 1 unspecified atom stereocenters. The van der Waals surface area contributed by atoms with E-state index in [1.54, 1.807) is 0 Å². The van der Waals surface area contributed by atoms with E-state index in [4.69, 9.17) is 11.5 Å². The van der Waals surface area contributed by atoms with Crippen molar-refractivity contribution in [1.82, 2.24) is 24.8 Å². The third-order valence-corrected chi connectivity index (χ3v) is 4.95. The van der Waals surface area contributed by atoms with Gasteiger partial charge in [0.1, 0.15) is 5.52 Å². The normalized spacial score (nSPS) is 22.4. The number of fused-ring (bicyclic) bond motifs is 1. The number of rotatable bonds is 3. The summed E-state index contributed by atoms with van der Waals surface area (Å²) in [6.45, 7) is 0.844. The highest BCUT2D eigenvalue weighted by atomic mass is 32.2. The average Bonchev–Trinajstić information content (AvgIpc) is 3.09. The molecule has 2 fully saturated rings. The van der Waals surface area contributed by atoms with Crippen molar-refractivity contribution < 1.29 is 4.79 Å². The van der Waals surface area contributed by atoms with Crippen LogP contribution in [0.25, 0.3) is 11.2 Å². The number of carbonyl (C=O) groups excluding carboxylic acids is 1. The van der Waals surface area contributed by atoms with Crippen molar-refractivity contribution in [2.75, 3.05) is 18.0 Å². The molecule has 1 aliphatic carbocycles. The quantitative estimate of drug-likeness (QED) is 0.747. The van der Waals surface area contributed by atoms with E-state index in [-0.39, 0.29) is 22.9 Å². The van der Waals surface area contributed by atoms with Gasteiger partial charge < -0.3 is 21.4 Å². The molecule has 0 bridgehead atoms. The number of aromatic nitrogens is 4. The number of thioether (sulfide) groups is 1. The minimum atomic E-state index is -0.0855. The monoisotopic (exact) mass is 305 g/mol. The Morgan fingerprint density at radius 2 is 2.00 bits per heavy atom. The Balaban J connectivity index is 1.57. The molecule has 1 saturated heterocycles. The molecule has 2 aromatic rings. The van der Waals surface area contributed by atoms with Gasteiger partial charge >= 0.3 is 0 Å². The minimum absolute atomic E-state index is 0.0855. The van der Waals surface area contributed by atoms with Crippen molar-refractivity contribution in [2.24, 2.45) is 0 Å². The summed E-state index contributed by atoms with van der Waals surface area (Å²) < 4.78 is 0. The maximum atomic E-state index is 12.3. The highest BCUT2D eigenvalue weighted by Gasteiger charge is 2.41. The van der Waals surface area contributed by atoms with Gasteiger partial charge in [-0.3, -0.25) is 4.79 Å². The fourth-order valence-corrected chi connectivity index (χ4v) is 3.67. The molecule has 4 rings (SSSR count). The maximum absolute atomic E-state index is 12.3. The molecule has 21 heavy (non-hydrogen) atoms. The van der Waals surface area contributed by atoms with Crippen LogP contribution in [-0.4, -0.2) is 48.6 Å². The first kappa shape index (κ1) is 12.7. The second-order valence-corrected chi connectivity index (χ2v) is 6.56. The molecule has 1 aliphatic heterocycles. The molecule has 3 heterocycles. The standard InChI is InChI=1S/C12H15N7OS/c13-8-7-9(17-11(14)16-8)18-12(15-7)21-6-3-4-19(10(6)20)5-1-2-5/h5-6H,1-4H2,(H5,13,14,15,16,17,18). The fourth-order valence-electron chi connectivity index (χ4n) is 2.64. The Bertz CT molecular complexity index is 726. The Hall–Kier alpha value is -2.03. The molecule has 1 amide bonds. The predicted octanol–water partition coefficient (Wildman–Crippen LogP) is 0.373. The number of hydrogen-bond acceptors (Lipinski definition) is 7. The number of likely N-dealkylation sites (tertiary alicyclic amines) is 1. The van der Waals surface area contributed by atoms with Crippen LogP contribution in [0.4, 0.5) is 11.8 Å². The van der Waals surface area contributed by atoms with Crippen molar-refractivity contribution in [3.63, 3.8) is 0 Å². The number of hydrogen-bond donors (Lipinski definition) is 3. The summed E-state index contributed by atoms with van der Waals surface area (Å²) in [5, 5.41) is 0.547. The van der Waals surface area contributed by atoms with Crippen LogP contribution < -0.4 is 11.5 Å². The lowest BCUT2D eigenvalue weighted by Gasteiger charge is -2.14. The summed E-state index contributed by atoms with van der Waals surface area (Å²) in [6, 6.07) is 0.472. The largest absolute Gasteiger partial charge is 0.382 e. The topological polar surface area (TPSA) is 127 Å². The number of nitrogens with zero attached hydrogens (tertiary/aromatic N) is 4. The fraction of sp³-hybridized carbons (Fsp3) is 0.500. The summed E-state index contributed by atoms with van der Waals surface area (Å²) in [5.41, 5.74) is 12.3. The van der Waals surface area contributed by atoms with E-state index >= 15 is 0 Å². The van der Waals surface area contributed by atoms with Gasteiger partial charge in [0.25, 0.3) is 0 Å². The highest BCUT2D eigenvalue weighted by Crippen LogP contribution is 2.36. The van der Waals surface area contributed by atoms with Crippen LogP contribution in [0.15, 0.2) is 5.16 Å². The number of H-pyrrole nitrogens is 1. The van der Waals surface area contributed by atoms with E-state index in [1.165, 1.54) is 11.8 Å². The van der Waals surface area contributed by atoms with Crippen LogP contribution >= 0.6 is 11.8 Å². The number of nitrogens with two attached hydrogens (primary N) is 2. The molecule has 110 valence electrons. The SMILES string of the molecule is Nc1nc(N)c2[nH]c(SC3CCN(C4CC4)C3=O)nc2n1. The van der Waals surface area contributed by atoms with Gasteiger partial charge in [-0.25, -0.2) is 4.98 Å². The zero-order valence-electron chi connectivity index (χ0n) is 11.2. The zero-order valence-corrected chi connectivity index (χ0v) is 12.1. The number of amides is 1. The number of anilines is 2. The lowest BCUT2D eigenvalue weighted by atomic mass is 10.4. The Kier molecular flexibility index (Phi) is 2.71. The summed E-state index contributed by atoms with van der Waals surface area (Å²) >= 11 is 1.43. The number of imidazole rings is 1. The lowest BCUT2D eigenvalue weighted by Crippen LogP contribution is -2.30. The van der Waals surface area contributed by atoms with Crippen LogP contribution in [0, 0.1) is 0 Å². The third kappa shape index (κ3) is 2.17. The van der Waals surface area contributed by atoms with E-state index in [0.29, 0.717) is 22.4 Å². The second kappa shape index (κ2) is 4.48. The van der Waals surface area contributed by atoms with Gasteiger partial charge in [-0.05, 0) is 19.3 Å². The molecular formula is C12H15N7OS. The van der Waals surface area contributed by atoms with E-state index in [0.717, 1.165) is 25.8 Å². The number of nitrogens with one attached hydrogen (secondary N) is 1. The molecule has 0 aromatic carbocycles. The summed E-state index contributed by atoms with van der Waals surface area (Å²) in [5.74, 6) is 0.579. The van der Waals surface area contributed by atoms with Crippen molar-refractivity contribution in [1.29, 1.82) is 0 Å². The van der Waals surface area contributed by atoms with Crippen LogP contribution in [0.1, 0.15) is 19.3 Å². The predicted molar refractivity (Wildman–Crippen MR) is 79.5 cm³/mol. The minimum Gasteiger partial charge on any atom is -0.382 e. The van der Waals surface area contributed by atoms with E-state index < -0.39 is 0 Å². The van der Waals surface area contributed by atoms with Gasteiger partial charge in [-0.1, -0.05) is 11.8 Å². The highest BCUT2D eigenvalue weighted by molar-refractivity contribution is 8.00. The van der Waals surface area contributed by atoms with Crippen LogP contribution in [0.5, 0.6) is 0 Å². The molecule has 9 heteroatoms. The van der Waals surface area contributed by atoms with Gasteiger partial charge in [0, 0.05) is 12.6 Å². The number of aromatic amines is 1. The van der Waals surface area contributed by atoms with E-state index in [2.05, 4.69) is 19.9 Å². The van der Waals surface area contributed by atoms with Crippen molar-refractivity contribution in [3.8, 4) is 0 Å². The molecule has 2 aromatic heterocycles. The lowest BCUT2D eigenvalue weighted by molar-refractivity contribution is -0.127. The summed E-state index contributed by atoms with van der Waals surface area (Å²) in [7, 11) is 0. The third-order valence-electron chi connectivity index (χ3n) is 3.81. The molecule has 1 saturated carbocycles. The smallest absolute Gasteiger partial charge is 0.236 e. The molecule has 8 nitrogen and oxygen atoms in total. The first-order valence-corrected chi connectivity index (χ1v) is 7.75. The van der Waals surface area contributed by atoms with Gasteiger partial charge in [0.05, 0.1) is 5.25 Å². The zero-order chi connectivity index (χ0) is 14.6. The first-order valence-electron chi connectivity index (χ1n) is 6.87. The maximum Gasteiger partial charge on any atom is 0.236 e. The van der Waals surface area contributed by atoms with Crippen molar-refractivity contribution >= 4 is 40.6 Å². The van der Waals surface area contributed by atoms with Crippen LogP contribution in [0.2, 0.25) is 0 Å². The summed E-state index contributed by atoms with van der Waals surface area (Å²) in [6.07, 6.45) is 3.12. The first-order chi connectivity index (χ1) is 10.1. The van der Waals surface area contributed by atoms with E-state index in [1.807, 2.05) is 4.90 Å².